The molecule has 1 fully saturated rings. The second-order valence-electron chi connectivity index (χ2n) is 4.47. The van der Waals surface area contributed by atoms with E-state index in [-0.39, 0.29) is 18.0 Å². The van der Waals surface area contributed by atoms with Crippen molar-refractivity contribution >= 4 is 11.6 Å². The number of rotatable bonds is 2. The summed E-state index contributed by atoms with van der Waals surface area (Å²) >= 11 is 0. The van der Waals surface area contributed by atoms with Crippen LogP contribution >= 0.6 is 0 Å². The van der Waals surface area contributed by atoms with Crippen molar-refractivity contribution in [2.75, 3.05) is 18.8 Å². The summed E-state index contributed by atoms with van der Waals surface area (Å²) in [5, 5.41) is 0. The standard InChI is InChI=1S/C12H17N3O2/c1-9-6-11(16)15(7-10(9)13)8-12(17)14-4-2-3-5-14/h6-7H,2-5,8,13H2,1H3. The first kappa shape index (κ1) is 11.7. The van der Waals surface area contributed by atoms with E-state index in [4.69, 9.17) is 5.73 Å². The number of aromatic nitrogens is 1. The lowest BCUT2D eigenvalue weighted by Crippen LogP contribution is -2.34. The summed E-state index contributed by atoms with van der Waals surface area (Å²) in [6, 6.07) is 1.46. The number of aryl methyl sites for hydroxylation is 1. The van der Waals surface area contributed by atoms with Crippen LogP contribution in [0.2, 0.25) is 0 Å². The van der Waals surface area contributed by atoms with Gasteiger partial charge in [-0.05, 0) is 25.3 Å². The number of carbonyl (C=O) groups excluding carboxylic acids is 1. The Morgan fingerprint density at radius 1 is 1.41 bits per heavy atom. The second kappa shape index (κ2) is 4.61. The van der Waals surface area contributed by atoms with Crippen molar-refractivity contribution in [3.05, 3.63) is 28.2 Å². The molecule has 0 saturated carbocycles. The quantitative estimate of drug-likeness (QED) is 0.804. The fourth-order valence-corrected chi connectivity index (χ4v) is 2.02. The van der Waals surface area contributed by atoms with Crippen LogP contribution in [0.5, 0.6) is 0 Å². The number of nitrogen functional groups attached to an aromatic ring is 1. The van der Waals surface area contributed by atoms with Crippen molar-refractivity contribution in [3.63, 3.8) is 0 Å². The first-order valence-electron chi connectivity index (χ1n) is 5.82. The number of hydrogen-bond acceptors (Lipinski definition) is 3. The molecule has 1 aliphatic rings. The summed E-state index contributed by atoms with van der Waals surface area (Å²) in [7, 11) is 0. The Morgan fingerprint density at radius 2 is 2.06 bits per heavy atom. The monoisotopic (exact) mass is 235 g/mol. The van der Waals surface area contributed by atoms with Gasteiger partial charge in [0, 0.05) is 25.4 Å². The van der Waals surface area contributed by atoms with Gasteiger partial charge in [-0.1, -0.05) is 0 Å². The van der Waals surface area contributed by atoms with E-state index in [9.17, 15) is 9.59 Å². The molecule has 0 spiro atoms. The number of pyridine rings is 1. The number of nitrogens with two attached hydrogens (primary N) is 1. The maximum absolute atomic E-state index is 11.9. The molecule has 1 amide bonds. The molecule has 0 bridgehead atoms. The smallest absolute Gasteiger partial charge is 0.251 e. The van der Waals surface area contributed by atoms with Gasteiger partial charge in [0.2, 0.25) is 5.91 Å². The molecule has 5 heteroatoms. The normalized spacial score (nSPS) is 15.2. The van der Waals surface area contributed by atoms with Crippen LogP contribution < -0.4 is 11.3 Å². The van der Waals surface area contributed by atoms with E-state index in [1.807, 2.05) is 0 Å². The van der Waals surface area contributed by atoms with Gasteiger partial charge >= 0.3 is 0 Å². The largest absolute Gasteiger partial charge is 0.397 e. The van der Waals surface area contributed by atoms with E-state index in [2.05, 4.69) is 0 Å². The highest BCUT2D eigenvalue weighted by Gasteiger charge is 2.18. The molecule has 5 nitrogen and oxygen atoms in total. The van der Waals surface area contributed by atoms with Crippen LogP contribution in [0.25, 0.3) is 0 Å². The zero-order valence-electron chi connectivity index (χ0n) is 9.98. The van der Waals surface area contributed by atoms with Crippen LogP contribution in [-0.2, 0) is 11.3 Å². The summed E-state index contributed by atoms with van der Waals surface area (Å²) in [4.78, 5) is 25.4. The van der Waals surface area contributed by atoms with E-state index in [0.29, 0.717) is 5.69 Å². The van der Waals surface area contributed by atoms with Gasteiger partial charge in [-0.2, -0.15) is 0 Å². The Morgan fingerprint density at radius 3 is 2.71 bits per heavy atom. The number of nitrogens with zero attached hydrogens (tertiary/aromatic N) is 2. The molecule has 0 aliphatic carbocycles. The summed E-state index contributed by atoms with van der Waals surface area (Å²) < 4.78 is 1.38. The predicted molar refractivity (Wildman–Crippen MR) is 65.7 cm³/mol. The number of hydrogen-bond donors (Lipinski definition) is 1. The number of likely N-dealkylation sites (tertiary alicyclic amines) is 1. The van der Waals surface area contributed by atoms with Crippen LogP contribution in [0.3, 0.4) is 0 Å². The molecular weight excluding hydrogens is 218 g/mol. The maximum atomic E-state index is 11.9. The van der Waals surface area contributed by atoms with Crippen LogP contribution in [0.15, 0.2) is 17.1 Å². The fourth-order valence-electron chi connectivity index (χ4n) is 2.02. The Bertz CT molecular complexity index is 487. The van der Waals surface area contributed by atoms with Crippen LogP contribution in [0.4, 0.5) is 5.69 Å². The fraction of sp³-hybridized carbons (Fsp3) is 0.500. The van der Waals surface area contributed by atoms with Gasteiger partial charge in [0.15, 0.2) is 0 Å². The number of anilines is 1. The third-order valence-corrected chi connectivity index (χ3v) is 3.14. The van der Waals surface area contributed by atoms with Crippen molar-refractivity contribution in [1.29, 1.82) is 0 Å². The molecule has 0 atom stereocenters. The van der Waals surface area contributed by atoms with E-state index >= 15 is 0 Å². The zero-order chi connectivity index (χ0) is 12.4. The lowest BCUT2D eigenvalue weighted by Gasteiger charge is -2.16. The van der Waals surface area contributed by atoms with E-state index < -0.39 is 0 Å². The van der Waals surface area contributed by atoms with Crippen molar-refractivity contribution < 1.29 is 4.79 Å². The topological polar surface area (TPSA) is 68.3 Å². The van der Waals surface area contributed by atoms with E-state index in [1.54, 1.807) is 18.0 Å². The van der Waals surface area contributed by atoms with Gasteiger partial charge < -0.3 is 15.2 Å². The zero-order valence-corrected chi connectivity index (χ0v) is 9.98. The molecule has 2 heterocycles. The summed E-state index contributed by atoms with van der Waals surface area (Å²) in [6.07, 6.45) is 3.65. The highest BCUT2D eigenvalue weighted by atomic mass is 16.2. The summed E-state index contributed by atoms with van der Waals surface area (Å²) in [5.74, 6) is -0.00662. The first-order valence-corrected chi connectivity index (χ1v) is 5.82. The number of carbonyl (C=O) groups is 1. The molecule has 92 valence electrons. The summed E-state index contributed by atoms with van der Waals surface area (Å²) in [5.41, 5.74) is 6.85. The minimum Gasteiger partial charge on any atom is -0.397 e. The third kappa shape index (κ3) is 2.49. The Labute approximate surface area is 99.8 Å². The minimum atomic E-state index is -0.177. The molecule has 1 aromatic heterocycles. The van der Waals surface area contributed by atoms with E-state index in [0.717, 1.165) is 31.5 Å². The van der Waals surface area contributed by atoms with Crippen molar-refractivity contribution in [1.82, 2.24) is 9.47 Å². The Hall–Kier alpha value is -1.78. The molecule has 1 saturated heterocycles. The maximum Gasteiger partial charge on any atom is 0.251 e. The SMILES string of the molecule is Cc1cc(=O)n(CC(=O)N2CCCC2)cc1N. The predicted octanol–water partition coefficient (Wildman–Crippen LogP) is 0.361. The molecular formula is C12H17N3O2. The van der Waals surface area contributed by atoms with Crippen molar-refractivity contribution in [3.8, 4) is 0 Å². The molecule has 0 radical (unpaired) electrons. The molecule has 0 unspecified atom stereocenters. The molecule has 2 rings (SSSR count). The van der Waals surface area contributed by atoms with Gasteiger partial charge in [0.1, 0.15) is 6.54 Å². The molecule has 17 heavy (non-hydrogen) atoms. The van der Waals surface area contributed by atoms with Crippen LogP contribution in [-0.4, -0.2) is 28.5 Å². The van der Waals surface area contributed by atoms with Gasteiger partial charge in [0.25, 0.3) is 5.56 Å². The number of amides is 1. The lowest BCUT2D eigenvalue weighted by molar-refractivity contribution is -0.130. The van der Waals surface area contributed by atoms with Gasteiger partial charge in [0.05, 0.1) is 5.69 Å². The Kier molecular flexibility index (Phi) is 3.17. The molecule has 0 aromatic carbocycles. The molecule has 2 N–H and O–H groups in total. The molecule has 1 aromatic rings. The highest BCUT2D eigenvalue weighted by molar-refractivity contribution is 5.76. The van der Waals surface area contributed by atoms with Gasteiger partial charge in [-0.25, -0.2) is 0 Å². The Balaban J connectivity index is 2.15. The van der Waals surface area contributed by atoms with E-state index in [1.165, 1.54) is 10.6 Å². The minimum absolute atomic E-state index is 0.00662. The first-order chi connectivity index (χ1) is 8.08. The highest BCUT2D eigenvalue weighted by Crippen LogP contribution is 2.09. The second-order valence-corrected chi connectivity index (χ2v) is 4.47. The van der Waals surface area contributed by atoms with Crippen LogP contribution in [0, 0.1) is 6.92 Å². The third-order valence-electron chi connectivity index (χ3n) is 3.14. The lowest BCUT2D eigenvalue weighted by atomic mass is 10.2. The average Bonchev–Trinajstić information content (AvgIpc) is 2.79. The van der Waals surface area contributed by atoms with Crippen molar-refractivity contribution in [2.45, 2.75) is 26.3 Å². The molecule has 1 aliphatic heterocycles. The van der Waals surface area contributed by atoms with Gasteiger partial charge in [-0.3, -0.25) is 9.59 Å². The van der Waals surface area contributed by atoms with Crippen molar-refractivity contribution in [2.24, 2.45) is 0 Å². The van der Waals surface area contributed by atoms with Gasteiger partial charge in [-0.15, -0.1) is 0 Å². The summed E-state index contributed by atoms with van der Waals surface area (Å²) in [6.45, 7) is 3.47. The van der Waals surface area contributed by atoms with Crippen LogP contribution in [0.1, 0.15) is 18.4 Å². The average molecular weight is 235 g/mol.